The van der Waals surface area contributed by atoms with Crippen LogP contribution in [0.5, 0.6) is 5.75 Å². The summed E-state index contributed by atoms with van der Waals surface area (Å²) in [4.78, 5) is 13.9. The molecular weight excluding hydrogens is 228 g/mol. The molecule has 98 valence electrons. The highest BCUT2D eigenvalue weighted by atomic mass is 16.5. The number of nitrogens with two attached hydrogens (primary N) is 1. The van der Waals surface area contributed by atoms with Gasteiger partial charge in [-0.05, 0) is 43.5 Å². The van der Waals surface area contributed by atoms with E-state index >= 15 is 0 Å². The summed E-state index contributed by atoms with van der Waals surface area (Å²) in [6.45, 7) is 1.97. The molecule has 1 aliphatic rings. The van der Waals surface area contributed by atoms with E-state index in [1.807, 2.05) is 32.2 Å². The van der Waals surface area contributed by atoms with Crippen LogP contribution in [0.25, 0.3) is 0 Å². The predicted octanol–water partition coefficient (Wildman–Crippen LogP) is 1.70. The van der Waals surface area contributed by atoms with Gasteiger partial charge in [-0.1, -0.05) is 0 Å². The van der Waals surface area contributed by atoms with Crippen LogP contribution in [0.15, 0.2) is 18.2 Å². The summed E-state index contributed by atoms with van der Waals surface area (Å²) in [7, 11) is 3.46. The number of methoxy groups -OCH3 is 1. The minimum atomic E-state index is 0.0902. The van der Waals surface area contributed by atoms with Crippen molar-refractivity contribution in [3.8, 4) is 5.75 Å². The number of nitrogens with zero attached hydrogens (tertiary/aromatic N) is 1. The van der Waals surface area contributed by atoms with Crippen LogP contribution >= 0.6 is 0 Å². The molecule has 0 heterocycles. The Hall–Kier alpha value is -1.55. The maximum Gasteiger partial charge on any atom is 0.229 e. The first-order chi connectivity index (χ1) is 8.52. The molecule has 0 atom stereocenters. The number of benzene rings is 1. The SMILES string of the molecule is COc1ccc(N(C)C(=O)C2CC(N)C2)cc1C. The average Bonchev–Trinajstić information content (AvgIpc) is 2.33. The summed E-state index contributed by atoms with van der Waals surface area (Å²) in [6.07, 6.45) is 1.61. The van der Waals surface area contributed by atoms with Crippen molar-refractivity contribution in [2.24, 2.45) is 11.7 Å². The minimum Gasteiger partial charge on any atom is -0.496 e. The van der Waals surface area contributed by atoms with E-state index in [2.05, 4.69) is 0 Å². The minimum absolute atomic E-state index is 0.0902. The lowest BCUT2D eigenvalue weighted by atomic mass is 9.80. The lowest BCUT2D eigenvalue weighted by molar-refractivity contribution is -0.124. The Balaban J connectivity index is 2.11. The molecule has 2 rings (SSSR count). The van der Waals surface area contributed by atoms with Crippen molar-refractivity contribution in [2.45, 2.75) is 25.8 Å². The van der Waals surface area contributed by atoms with Gasteiger partial charge in [0.1, 0.15) is 5.75 Å². The van der Waals surface area contributed by atoms with Crippen LogP contribution in [0.1, 0.15) is 18.4 Å². The first kappa shape index (κ1) is 12.9. The van der Waals surface area contributed by atoms with Gasteiger partial charge in [0.05, 0.1) is 7.11 Å². The number of carbonyl (C=O) groups excluding carboxylic acids is 1. The molecule has 0 spiro atoms. The number of ether oxygens (including phenoxy) is 1. The number of amides is 1. The summed E-state index contributed by atoms with van der Waals surface area (Å²) < 4.78 is 5.21. The van der Waals surface area contributed by atoms with Gasteiger partial charge in [0.2, 0.25) is 5.91 Å². The quantitative estimate of drug-likeness (QED) is 0.886. The van der Waals surface area contributed by atoms with Crippen molar-refractivity contribution < 1.29 is 9.53 Å². The molecule has 0 unspecified atom stereocenters. The van der Waals surface area contributed by atoms with E-state index in [0.717, 1.165) is 29.8 Å². The first-order valence-corrected chi connectivity index (χ1v) is 6.20. The fourth-order valence-electron chi connectivity index (χ4n) is 2.34. The average molecular weight is 248 g/mol. The topological polar surface area (TPSA) is 55.6 Å². The summed E-state index contributed by atoms with van der Waals surface area (Å²) in [5.41, 5.74) is 7.65. The molecule has 1 fully saturated rings. The molecule has 1 aromatic rings. The van der Waals surface area contributed by atoms with Gasteiger partial charge >= 0.3 is 0 Å². The van der Waals surface area contributed by atoms with Crippen LogP contribution in [0, 0.1) is 12.8 Å². The van der Waals surface area contributed by atoms with Gasteiger partial charge in [0, 0.05) is 24.7 Å². The highest BCUT2D eigenvalue weighted by molar-refractivity contribution is 5.95. The number of hydrogen-bond donors (Lipinski definition) is 1. The van der Waals surface area contributed by atoms with E-state index in [0.29, 0.717) is 0 Å². The predicted molar refractivity (Wildman–Crippen MR) is 71.8 cm³/mol. The maximum absolute atomic E-state index is 12.2. The van der Waals surface area contributed by atoms with Crippen molar-refractivity contribution >= 4 is 11.6 Å². The zero-order valence-electron chi connectivity index (χ0n) is 11.1. The largest absolute Gasteiger partial charge is 0.496 e. The fourth-order valence-corrected chi connectivity index (χ4v) is 2.34. The maximum atomic E-state index is 12.2. The van der Waals surface area contributed by atoms with Crippen LogP contribution in [0.3, 0.4) is 0 Å². The Morgan fingerprint density at radius 1 is 1.44 bits per heavy atom. The van der Waals surface area contributed by atoms with Crippen LogP contribution in [-0.4, -0.2) is 26.1 Å². The summed E-state index contributed by atoms with van der Waals surface area (Å²) in [5.74, 6) is 1.08. The number of hydrogen-bond acceptors (Lipinski definition) is 3. The highest BCUT2D eigenvalue weighted by Gasteiger charge is 2.34. The molecule has 4 heteroatoms. The highest BCUT2D eigenvalue weighted by Crippen LogP contribution is 2.30. The second kappa shape index (κ2) is 4.98. The molecule has 1 saturated carbocycles. The van der Waals surface area contributed by atoms with E-state index in [1.165, 1.54) is 0 Å². The van der Waals surface area contributed by atoms with Gasteiger partial charge in [-0.15, -0.1) is 0 Å². The molecule has 1 amide bonds. The Labute approximate surface area is 108 Å². The third-order valence-electron chi connectivity index (χ3n) is 3.62. The van der Waals surface area contributed by atoms with E-state index in [-0.39, 0.29) is 17.9 Å². The fraction of sp³-hybridized carbons (Fsp3) is 0.500. The molecule has 2 N–H and O–H groups in total. The van der Waals surface area contributed by atoms with Gasteiger partial charge < -0.3 is 15.4 Å². The number of anilines is 1. The lowest BCUT2D eigenvalue weighted by Crippen LogP contribution is -2.45. The second-order valence-electron chi connectivity index (χ2n) is 4.98. The van der Waals surface area contributed by atoms with Crippen LogP contribution in [0.4, 0.5) is 5.69 Å². The summed E-state index contributed by atoms with van der Waals surface area (Å²) in [6, 6.07) is 5.96. The van der Waals surface area contributed by atoms with Crippen molar-refractivity contribution in [2.75, 3.05) is 19.1 Å². The molecule has 4 nitrogen and oxygen atoms in total. The third-order valence-corrected chi connectivity index (χ3v) is 3.62. The number of aryl methyl sites for hydroxylation is 1. The van der Waals surface area contributed by atoms with E-state index in [4.69, 9.17) is 10.5 Å². The van der Waals surface area contributed by atoms with Gasteiger partial charge in [-0.2, -0.15) is 0 Å². The molecule has 0 saturated heterocycles. The summed E-state index contributed by atoms with van der Waals surface area (Å²) >= 11 is 0. The standard InChI is InChI=1S/C14H20N2O2/c1-9-6-12(4-5-13(9)18-3)16(2)14(17)10-7-11(15)8-10/h4-6,10-11H,7-8,15H2,1-3H3. The zero-order chi connectivity index (χ0) is 13.3. The zero-order valence-corrected chi connectivity index (χ0v) is 11.1. The number of rotatable bonds is 3. The van der Waals surface area contributed by atoms with Gasteiger partial charge in [0.15, 0.2) is 0 Å². The van der Waals surface area contributed by atoms with Crippen LogP contribution < -0.4 is 15.4 Å². The Bertz CT molecular complexity index is 453. The van der Waals surface area contributed by atoms with Crippen molar-refractivity contribution in [1.29, 1.82) is 0 Å². The molecule has 1 aromatic carbocycles. The van der Waals surface area contributed by atoms with E-state index in [9.17, 15) is 4.79 Å². The van der Waals surface area contributed by atoms with E-state index in [1.54, 1.807) is 12.0 Å². The lowest BCUT2D eigenvalue weighted by Gasteiger charge is -2.34. The second-order valence-corrected chi connectivity index (χ2v) is 4.98. The van der Waals surface area contributed by atoms with Crippen LogP contribution in [-0.2, 0) is 4.79 Å². The molecule has 0 aromatic heterocycles. The Kier molecular flexibility index (Phi) is 3.57. The normalized spacial score (nSPS) is 22.2. The molecule has 0 aliphatic heterocycles. The van der Waals surface area contributed by atoms with E-state index < -0.39 is 0 Å². The smallest absolute Gasteiger partial charge is 0.229 e. The third kappa shape index (κ3) is 2.34. The van der Waals surface area contributed by atoms with Gasteiger partial charge in [-0.3, -0.25) is 4.79 Å². The number of carbonyl (C=O) groups is 1. The monoisotopic (exact) mass is 248 g/mol. The Morgan fingerprint density at radius 2 is 2.11 bits per heavy atom. The van der Waals surface area contributed by atoms with Gasteiger partial charge in [0.25, 0.3) is 0 Å². The van der Waals surface area contributed by atoms with Gasteiger partial charge in [-0.25, -0.2) is 0 Å². The molecule has 0 bridgehead atoms. The molecule has 18 heavy (non-hydrogen) atoms. The molecule has 0 radical (unpaired) electrons. The van der Waals surface area contributed by atoms with Crippen molar-refractivity contribution in [3.05, 3.63) is 23.8 Å². The van der Waals surface area contributed by atoms with Crippen LogP contribution in [0.2, 0.25) is 0 Å². The summed E-state index contributed by atoms with van der Waals surface area (Å²) in [5, 5.41) is 0. The van der Waals surface area contributed by atoms with Crippen molar-refractivity contribution in [1.82, 2.24) is 0 Å². The first-order valence-electron chi connectivity index (χ1n) is 6.20. The Morgan fingerprint density at radius 3 is 2.61 bits per heavy atom. The molecular formula is C14H20N2O2. The molecule has 1 aliphatic carbocycles. The van der Waals surface area contributed by atoms with Crippen molar-refractivity contribution in [3.63, 3.8) is 0 Å².